The topological polar surface area (TPSA) is 24.4 Å². The van der Waals surface area contributed by atoms with E-state index < -0.39 is 11.6 Å². The molecule has 0 fully saturated rings. The second-order valence-corrected chi connectivity index (χ2v) is 5.73. The van der Waals surface area contributed by atoms with Crippen molar-refractivity contribution in [1.29, 1.82) is 0 Å². The third-order valence-electron chi connectivity index (χ3n) is 4.12. The van der Waals surface area contributed by atoms with Gasteiger partial charge in [-0.3, -0.25) is 5.43 Å². The molecule has 0 aliphatic carbocycles. The fourth-order valence-electron chi connectivity index (χ4n) is 2.93. The molecular formula is C21H14F2N2. The van der Waals surface area contributed by atoms with Gasteiger partial charge in [0.15, 0.2) is 5.82 Å². The smallest absolute Gasteiger partial charge is 0.151 e. The van der Waals surface area contributed by atoms with Crippen LogP contribution in [-0.2, 0) is 0 Å². The minimum absolute atomic E-state index is 0.127. The summed E-state index contributed by atoms with van der Waals surface area (Å²) in [5, 5.41) is 8.50. The molecule has 0 heterocycles. The maximum atomic E-state index is 13.7. The zero-order valence-corrected chi connectivity index (χ0v) is 13.2. The van der Waals surface area contributed by atoms with Crippen molar-refractivity contribution in [2.24, 2.45) is 5.10 Å². The molecule has 0 spiro atoms. The summed E-state index contributed by atoms with van der Waals surface area (Å²) in [6.07, 6.45) is 1.67. The molecule has 0 saturated carbocycles. The van der Waals surface area contributed by atoms with E-state index in [2.05, 4.69) is 16.6 Å². The van der Waals surface area contributed by atoms with Crippen molar-refractivity contribution in [2.75, 3.05) is 5.43 Å². The first-order valence-corrected chi connectivity index (χ1v) is 7.87. The van der Waals surface area contributed by atoms with Crippen molar-refractivity contribution in [1.82, 2.24) is 0 Å². The molecule has 0 amide bonds. The highest BCUT2D eigenvalue weighted by molar-refractivity contribution is 6.13. The average Bonchev–Trinajstić information content (AvgIpc) is 2.63. The maximum Gasteiger partial charge on any atom is 0.151 e. The zero-order chi connectivity index (χ0) is 17.2. The number of hydrogen-bond acceptors (Lipinski definition) is 2. The zero-order valence-electron chi connectivity index (χ0n) is 13.2. The molecule has 4 aromatic carbocycles. The SMILES string of the molecule is Fc1ccc(N/N=C/c2c3ccccc3cc3ccccc23)c(F)c1. The Hall–Kier alpha value is -3.27. The summed E-state index contributed by atoms with van der Waals surface area (Å²) in [4.78, 5) is 0. The van der Waals surface area contributed by atoms with E-state index in [0.717, 1.165) is 33.2 Å². The summed E-state index contributed by atoms with van der Waals surface area (Å²) < 4.78 is 26.7. The largest absolute Gasteiger partial charge is 0.276 e. The van der Waals surface area contributed by atoms with E-state index in [1.54, 1.807) is 6.21 Å². The van der Waals surface area contributed by atoms with E-state index in [-0.39, 0.29) is 5.69 Å². The lowest BCUT2D eigenvalue weighted by Gasteiger charge is -2.08. The molecule has 4 rings (SSSR count). The van der Waals surface area contributed by atoms with Crippen LogP contribution >= 0.6 is 0 Å². The first-order valence-electron chi connectivity index (χ1n) is 7.87. The van der Waals surface area contributed by atoms with Gasteiger partial charge in [-0.15, -0.1) is 0 Å². The number of hydrogen-bond donors (Lipinski definition) is 1. The van der Waals surface area contributed by atoms with Crippen LogP contribution in [-0.4, -0.2) is 6.21 Å². The van der Waals surface area contributed by atoms with Crippen LogP contribution in [0, 0.1) is 11.6 Å². The second-order valence-electron chi connectivity index (χ2n) is 5.73. The summed E-state index contributed by atoms with van der Waals surface area (Å²) in [5.41, 5.74) is 3.72. The monoisotopic (exact) mass is 332 g/mol. The minimum atomic E-state index is -0.681. The number of fused-ring (bicyclic) bond motifs is 2. The highest BCUT2D eigenvalue weighted by Crippen LogP contribution is 2.27. The van der Waals surface area contributed by atoms with Crippen LogP contribution in [0.4, 0.5) is 14.5 Å². The Bertz CT molecular complexity index is 1050. The molecule has 0 bridgehead atoms. The number of halogens is 2. The molecule has 4 aromatic rings. The molecule has 4 heteroatoms. The van der Waals surface area contributed by atoms with Crippen molar-refractivity contribution in [2.45, 2.75) is 0 Å². The van der Waals surface area contributed by atoms with E-state index in [0.29, 0.717) is 0 Å². The van der Waals surface area contributed by atoms with Crippen molar-refractivity contribution in [3.05, 3.63) is 90.0 Å². The predicted molar refractivity (Wildman–Crippen MR) is 99.0 cm³/mol. The number of hydrazone groups is 1. The van der Waals surface area contributed by atoms with Gasteiger partial charge in [0.1, 0.15) is 5.82 Å². The van der Waals surface area contributed by atoms with Gasteiger partial charge in [0, 0.05) is 11.6 Å². The lowest BCUT2D eigenvalue weighted by Crippen LogP contribution is -1.95. The van der Waals surface area contributed by atoms with Gasteiger partial charge in [0.05, 0.1) is 11.9 Å². The summed E-state index contributed by atoms with van der Waals surface area (Å²) in [6.45, 7) is 0. The van der Waals surface area contributed by atoms with Crippen molar-refractivity contribution in [3.63, 3.8) is 0 Å². The number of anilines is 1. The summed E-state index contributed by atoms with van der Waals surface area (Å²) in [5.74, 6) is -1.30. The summed E-state index contributed by atoms with van der Waals surface area (Å²) in [7, 11) is 0. The third kappa shape index (κ3) is 2.94. The number of benzene rings is 4. The predicted octanol–water partition coefficient (Wildman–Crippen LogP) is 5.72. The van der Waals surface area contributed by atoms with E-state index in [9.17, 15) is 8.78 Å². The molecule has 0 unspecified atom stereocenters. The van der Waals surface area contributed by atoms with E-state index in [4.69, 9.17) is 0 Å². The normalized spacial score (nSPS) is 11.4. The Kier molecular flexibility index (Phi) is 3.86. The van der Waals surface area contributed by atoms with Crippen LogP contribution in [0.1, 0.15) is 5.56 Å². The van der Waals surface area contributed by atoms with Gasteiger partial charge < -0.3 is 0 Å². The van der Waals surface area contributed by atoms with Gasteiger partial charge in [-0.1, -0.05) is 48.5 Å². The molecule has 1 N–H and O–H groups in total. The maximum absolute atomic E-state index is 13.7. The molecule has 0 aromatic heterocycles. The van der Waals surface area contributed by atoms with E-state index in [1.807, 2.05) is 48.5 Å². The number of nitrogens with zero attached hydrogens (tertiary/aromatic N) is 1. The number of rotatable bonds is 3. The van der Waals surface area contributed by atoms with Crippen molar-refractivity contribution >= 4 is 33.4 Å². The average molecular weight is 332 g/mol. The van der Waals surface area contributed by atoms with Gasteiger partial charge in [-0.2, -0.15) is 5.10 Å². The summed E-state index contributed by atoms with van der Waals surface area (Å²) >= 11 is 0. The Morgan fingerprint density at radius 1 is 0.760 bits per heavy atom. The molecule has 0 atom stereocenters. The van der Waals surface area contributed by atoms with Gasteiger partial charge in [0.2, 0.25) is 0 Å². The number of nitrogens with one attached hydrogen (secondary N) is 1. The lowest BCUT2D eigenvalue weighted by molar-refractivity contribution is 0.585. The van der Waals surface area contributed by atoms with E-state index in [1.165, 1.54) is 12.1 Å². The molecule has 25 heavy (non-hydrogen) atoms. The fourth-order valence-corrected chi connectivity index (χ4v) is 2.93. The Labute approximate surface area is 143 Å². The standard InChI is InChI=1S/C21H14F2N2/c22-16-9-10-21(20(23)12-16)25-24-13-19-17-7-3-1-5-14(17)11-15-6-2-4-8-18(15)19/h1-13,25H/b24-13+. The van der Waals surface area contributed by atoms with Gasteiger partial charge >= 0.3 is 0 Å². The van der Waals surface area contributed by atoms with Gasteiger partial charge in [-0.25, -0.2) is 8.78 Å². The van der Waals surface area contributed by atoms with Crippen LogP contribution in [0.25, 0.3) is 21.5 Å². The molecule has 122 valence electrons. The van der Waals surface area contributed by atoms with Crippen LogP contribution in [0.15, 0.2) is 77.9 Å². The Morgan fingerprint density at radius 3 is 2.04 bits per heavy atom. The van der Waals surface area contributed by atoms with Crippen molar-refractivity contribution < 1.29 is 8.78 Å². The van der Waals surface area contributed by atoms with Crippen LogP contribution in [0.5, 0.6) is 0 Å². The molecular weight excluding hydrogens is 318 g/mol. The fraction of sp³-hybridized carbons (Fsp3) is 0. The Balaban J connectivity index is 1.79. The molecule has 0 aliphatic rings. The second kappa shape index (κ2) is 6.32. The van der Waals surface area contributed by atoms with Crippen molar-refractivity contribution in [3.8, 4) is 0 Å². The first-order chi connectivity index (χ1) is 12.2. The van der Waals surface area contributed by atoms with Crippen LogP contribution in [0.2, 0.25) is 0 Å². The molecule has 0 radical (unpaired) electrons. The Morgan fingerprint density at radius 2 is 1.40 bits per heavy atom. The van der Waals surface area contributed by atoms with Gasteiger partial charge in [0.25, 0.3) is 0 Å². The minimum Gasteiger partial charge on any atom is -0.276 e. The quantitative estimate of drug-likeness (QED) is 0.290. The third-order valence-corrected chi connectivity index (χ3v) is 4.12. The first kappa shape index (κ1) is 15.3. The van der Waals surface area contributed by atoms with Crippen LogP contribution in [0.3, 0.4) is 0 Å². The highest BCUT2D eigenvalue weighted by atomic mass is 19.1. The summed E-state index contributed by atoms with van der Waals surface area (Å²) in [6, 6.07) is 21.6. The molecule has 2 nitrogen and oxygen atoms in total. The van der Waals surface area contributed by atoms with Gasteiger partial charge in [-0.05, 0) is 39.7 Å². The van der Waals surface area contributed by atoms with Crippen LogP contribution < -0.4 is 5.43 Å². The lowest BCUT2D eigenvalue weighted by atomic mass is 9.97. The highest BCUT2D eigenvalue weighted by Gasteiger charge is 2.06. The molecule has 0 saturated heterocycles. The molecule has 0 aliphatic heterocycles. The van der Waals surface area contributed by atoms with E-state index >= 15 is 0 Å².